The number of nitrogens with one attached hydrogen (secondary N) is 1. The van der Waals surface area contributed by atoms with Crippen molar-refractivity contribution in [3.63, 3.8) is 0 Å². The van der Waals surface area contributed by atoms with Crippen LogP contribution >= 0.6 is 0 Å². The van der Waals surface area contributed by atoms with Crippen LogP contribution in [0.5, 0.6) is 0 Å². The topological polar surface area (TPSA) is 55.4 Å². The number of carbonyl (C=O) groups excluding carboxylic acids is 2. The Labute approximate surface area is 193 Å². The molecule has 1 heterocycles. The van der Waals surface area contributed by atoms with E-state index in [4.69, 9.17) is 4.74 Å². The van der Waals surface area contributed by atoms with Crippen LogP contribution in [-0.4, -0.2) is 17.9 Å². The zero-order chi connectivity index (χ0) is 22.9. The molecule has 0 radical (unpaired) electrons. The number of dihydropyridines is 1. The van der Waals surface area contributed by atoms with Gasteiger partial charge < -0.3 is 10.1 Å². The van der Waals surface area contributed by atoms with E-state index in [0.717, 1.165) is 36.9 Å². The molecule has 2 aromatic rings. The standard InChI is InChI=1S/C28H28FNO3/c1-17-25(28(32)33-20-11-5-6-12-20)26(21-13-7-8-14-22(21)29)27-23(30-17)15-19(16-24(27)31)18-9-3-2-4-10-18/h2-4,7-10,13-14,19-20,26,30H,5-6,11-12,15-16H2,1H3/t19-,26+/m0/s1. The number of Topliss-reactive ketones (excluding diaryl/α,β-unsaturated/α-hetero) is 1. The van der Waals surface area contributed by atoms with Crippen molar-refractivity contribution in [2.24, 2.45) is 0 Å². The van der Waals surface area contributed by atoms with E-state index in [0.29, 0.717) is 35.2 Å². The lowest BCUT2D eigenvalue weighted by atomic mass is 9.71. The molecule has 1 saturated carbocycles. The molecule has 33 heavy (non-hydrogen) atoms. The summed E-state index contributed by atoms with van der Waals surface area (Å²) in [5.74, 6) is -1.64. The second-order valence-electron chi connectivity index (χ2n) is 9.26. The van der Waals surface area contributed by atoms with E-state index in [2.05, 4.69) is 5.32 Å². The average Bonchev–Trinajstić information content (AvgIpc) is 3.32. The highest BCUT2D eigenvalue weighted by Gasteiger charge is 2.42. The van der Waals surface area contributed by atoms with Gasteiger partial charge in [-0.15, -0.1) is 0 Å². The normalized spacial score (nSPS) is 23.4. The number of esters is 1. The largest absolute Gasteiger partial charge is 0.459 e. The van der Waals surface area contributed by atoms with Crippen molar-refractivity contribution < 1.29 is 18.7 Å². The molecule has 0 saturated heterocycles. The predicted octanol–water partition coefficient (Wildman–Crippen LogP) is 5.67. The van der Waals surface area contributed by atoms with Crippen LogP contribution in [0.15, 0.2) is 77.1 Å². The highest BCUT2D eigenvalue weighted by Crippen LogP contribution is 2.46. The summed E-state index contributed by atoms with van der Waals surface area (Å²) in [5.41, 5.74) is 3.70. The third-order valence-corrected chi connectivity index (χ3v) is 7.11. The molecule has 0 aromatic heterocycles. The maximum atomic E-state index is 15.0. The number of rotatable bonds is 4. The van der Waals surface area contributed by atoms with Gasteiger partial charge in [0, 0.05) is 29.0 Å². The second kappa shape index (κ2) is 8.97. The molecular formula is C28H28FNO3. The van der Waals surface area contributed by atoms with Crippen LogP contribution in [0.1, 0.15) is 68.4 Å². The minimum Gasteiger partial charge on any atom is -0.459 e. The SMILES string of the molecule is CC1=C(C(=O)OC2CCCC2)[C@@H](c2ccccc2F)C2=C(C[C@H](c3ccccc3)CC2=O)N1. The van der Waals surface area contributed by atoms with Crippen LogP contribution in [-0.2, 0) is 14.3 Å². The number of halogens is 1. The van der Waals surface area contributed by atoms with E-state index in [-0.39, 0.29) is 17.8 Å². The molecule has 0 bridgehead atoms. The molecule has 2 aliphatic carbocycles. The second-order valence-corrected chi connectivity index (χ2v) is 9.26. The van der Waals surface area contributed by atoms with Gasteiger partial charge in [0.15, 0.2) is 5.78 Å². The summed E-state index contributed by atoms with van der Waals surface area (Å²) in [4.78, 5) is 26.9. The van der Waals surface area contributed by atoms with Gasteiger partial charge in [-0.2, -0.15) is 0 Å². The third-order valence-electron chi connectivity index (χ3n) is 7.11. The van der Waals surface area contributed by atoms with Crippen molar-refractivity contribution in [3.05, 3.63) is 94.1 Å². The van der Waals surface area contributed by atoms with Crippen LogP contribution in [0.2, 0.25) is 0 Å². The molecule has 2 atom stereocenters. The molecular weight excluding hydrogens is 417 g/mol. The van der Waals surface area contributed by atoms with Gasteiger partial charge in [0.2, 0.25) is 0 Å². The third kappa shape index (κ3) is 4.12. The number of allylic oxidation sites excluding steroid dienone is 3. The van der Waals surface area contributed by atoms with Crippen LogP contribution < -0.4 is 5.32 Å². The Bertz CT molecular complexity index is 1140. The molecule has 0 unspecified atom stereocenters. The fourth-order valence-electron chi connectivity index (χ4n) is 5.51. The van der Waals surface area contributed by atoms with Crippen LogP contribution in [0.3, 0.4) is 0 Å². The van der Waals surface area contributed by atoms with E-state index in [1.165, 1.54) is 6.07 Å². The van der Waals surface area contributed by atoms with Crippen molar-refractivity contribution >= 4 is 11.8 Å². The predicted molar refractivity (Wildman–Crippen MR) is 124 cm³/mol. The Hall–Kier alpha value is -3.21. The fraction of sp³-hybridized carbons (Fsp3) is 0.357. The van der Waals surface area contributed by atoms with Gasteiger partial charge >= 0.3 is 5.97 Å². The quantitative estimate of drug-likeness (QED) is 0.616. The smallest absolute Gasteiger partial charge is 0.337 e. The maximum Gasteiger partial charge on any atom is 0.337 e. The van der Waals surface area contributed by atoms with Gasteiger partial charge in [-0.3, -0.25) is 4.79 Å². The molecule has 170 valence electrons. The fourth-order valence-corrected chi connectivity index (χ4v) is 5.51. The number of carbonyl (C=O) groups is 2. The van der Waals surface area contributed by atoms with Crippen LogP contribution in [0, 0.1) is 5.82 Å². The first-order valence-electron chi connectivity index (χ1n) is 11.8. The highest BCUT2D eigenvalue weighted by molar-refractivity contribution is 6.04. The summed E-state index contributed by atoms with van der Waals surface area (Å²) >= 11 is 0. The van der Waals surface area contributed by atoms with Crippen molar-refractivity contribution in [3.8, 4) is 0 Å². The monoisotopic (exact) mass is 445 g/mol. The van der Waals surface area contributed by atoms with Crippen molar-refractivity contribution in [2.45, 2.75) is 63.4 Å². The number of ether oxygens (including phenoxy) is 1. The lowest BCUT2D eigenvalue weighted by Crippen LogP contribution is -2.37. The van der Waals surface area contributed by atoms with Crippen molar-refractivity contribution in [2.75, 3.05) is 0 Å². The van der Waals surface area contributed by atoms with Gasteiger partial charge in [-0.1, -0.05) is 48.5 Å². The van der Waals surface area contributed by atoms with Gasteiger partial charge in [-0.05, 0) is 56.6 Å². The van der Waals surface area contributed by atoms with Gasteiger partial charge in [0.25, 0.3) is 0 Å². The first-order valence-corrected chi connectivity index (χ1v) is 11.8. The minimum absolute atomic E-state index is 0.0472. The highest BCUT2D eigenvalue weighted by atomic mass is 19.1. The Morgan fingerprint density at radius 2 is 1.70 bits per heavy atom. The van der Waals surface area contributed by atoms with Crippen molar-refractivity contribution in [1.29, 1.82) is 0 Å². The number of hydrogen-bond donors (Lipinski definition) is 1. The number of hydrogen-bond acceptors (Lipinski definition) is 4. The summed E-state index contributed by atoms with van der Waals surface area (Å²) < 4.78 is 20.9. The van der Waals surface area contributed by atoms with Crippen molar-refractivity contribution in [1.82, 2.24) is 5.32 Å². The molecule has 1 aliphatic heterocycles. The summed E-state index contributed by atoms with van der Waals surface area (Å²) in [7, 11) is 0. The first-order chi connectivity index (χ1) is 16.0. The molecule has 1 fully saturated rings. The zero-order valence-electron chi connectivity index (χ0n) is 18.8. The number of ketones is 1. The molecule has 5 rings (SSSR count). The molecule has 0 spiro atoms. The summed E-state index contributed by atoms with van der Waals surface area (Å²) in [6.07, 6.45) is 4.64. The van der Waals surface area contributed by atoms with E-state index in [9.17, 15) is 9.59 Å². The molecule has 3 aliphatic rings. The first kappa shape index (κ1) is 21.6. The number of benzene rings is 2. The zero-order valence-corrected chi connectivity index (χ0v) is 18.8. The summed E-state index contributed by atoms with van der Waals surface area (Å²) in [5, 5.41) is 3.34. The van der Waals surface area contributed by atoms with E-state index in [1.807, 2.05) is 37.3 Å². The lowest BCUT2D eigenvalue weighted by Gasteiger charge is -2.37. The molecule has 2 aromatic carbocycles. The Morgan fingerprint density at radius 1 is 1.00 bits per heavy atom. The van der Waals surface area contributed by atoms with E-state index >= 15 is 4.39 Å². The Morgan fingerprint density at radius 3 is 2.42 bits per heavy atom. The molecule has 0 amide bonds. The van der Waals surface area contributed by atoms with E-state index in [1.54, 1.807) is 18.2 Å². The maximum absolute atomic E-state index is 15.0. The van der Waals surface area contributed by atoms with Gasteiger partial charge in [0.1, 0.15) is 11.9 Å². The van der Waals surface area contributed by atoms with Crippen LogP contribution in [0.4, 0.5) is 4.39 Å². The Kier molecular flexibility index (Phi) is 5.88. The van der Waals surface area contributed by atoms with Crippen LogP contribution in [0.25, 0.3) is 0 Å². The summed E-state index contributed by atoms with van der Waals surface area (Å²) in [6, 6.07) is 16.4. The Balaban J connectivity index is 1.56. The van der Waals surface area contributed by atoms with Gasteiger partial charge in [-0.25, -0.2) is 9.18 Å². The molecule has 5 heteroatoms. The minimum atomic E-state index is -0.763. The summed E-state index contributed by atoms with van der Waals surface area (Å²) in [6.45, 7) is 1.82. The molecule has 4 nitrogen and oxygen atoms in total. The van der Waals surface area contributed by atoms with E-state index < -0.39 is 17.7 Å². The average molecular weight is 446 g/mol. The van der Waals surface area contributed by atoms with Gasteiger partial charge in [0.05, 0.1) is 11.5 Å². The molecule has 1 N–H and O–H groups in total. The lowest BCUT2D eigenvalue weighted by molar-refractivity contribution is -0.144.